The van der Waals surface area contributed by atoms with E-state index in [-0.39, 0.29) is 33.6 Å². The molecule has 31 heavy (non-hydrogen) atoms. The number of benzene rings is 2. The van der Waals surface area contributed by atoms with Gasteiger partial charge in [0, 0.05) is 11.6 Å². The molecule has 10 nitrogen and oxygen atoms in total. The lowest BCUT2D eigenvalue weighted by Crippen LogP contribution is -2.55. The van der Waals surface area contributed by atoms with E-state index in [2.05, 4.69) is 0 Å². The highest BCUT2D eigenvalue weighted by Crippen LogP contribution is 2.41. The smallest absolute Gasteiger partial charge is 0.193 e. The van der Waals surface area contributed by atoms with Crippen LogP contribution < -0.4 is 5.43 Å². The van der Waals surface area contributed by atoms with E-state index in [4.69, 9.17) is 9.15 Å². The second-order valence-electron chi connectivity index (χ2n) is 7.30. The van der Waals surface area contributed by atoms with Gasteiger partial charge in [-0.2, -0.15) is 0 Å². The van der Waals surface area contributed by atoms with Crippen LogP contribution >= 0.6 is 0 Å². The molecule has 0 amide bonds. The van der Waals surface area contributed by atoms with Gasteiger partial charge in [0.05, 0.1) is 17.6 Å². The number of hydrogen-bond acceptors (Lipinski definition) is 10. The van der Waals surface area contributed by atoms with Gasteiger partial charge < -0.3 is 44.9 Å². The van der Waals surface area contributed by atoms with Crippen LogP contribution in [-0.2, 0) is 4.74 Å². The summed E-state index contributed by atoms with van der Waals surface area (Å²) in [5, 5.41) is 69.8. The highest BCUT2D eigenvalue weighted by molar-refractivity contribution is 5.84. The maximum Gasteiger partial charge on any atom is 0.193 e. The maximum atomic E-state index is 12.7. The van der Waals surface area contributed by atoms with Gasteiger partial charge in [-0.3, -0.25) is 4.79 Å². The summed E-state index contributed by atoms with van der Waals surface area (Å²) < 4.78 is 11.3. The molecule has 1 aromatic heterocycles. The van der Waals surface area contributed by atoms with Crippen LogP contribution in [0.5, 0.6) is 17.2 Å². The predicted octanol–water partition coefficient (Wildman–Crippen LogP) is 0.0917. The molecule has 2 heterocycles. The van der Waals surface area contributed by atoms with E-state index in [0.29, 0.717) is 0 Å². The van der Waals surface area contributed by atoms with E-state index in [1.165, 1.54) is 30.3 Å². The van der Waals surface area contributed by atoms with Crippen LogP contribution in [0.3, 0.4) is 0 Å². The number of phenolic OH excluding ortho intramolecular Hbond substituents is 3. The van der Waals surface area contributed by atoms with Gasteiger partial charge in [0.25, 0.3) is 0 Å². The number of rotatable bonds is 3. The number of aromatic hydroxyl groups is 3. The van der Waals surface area contributed by atoms with Crippen molar-refractivity contribution < 1.29 is 44.9 Å². The molecule has 5 atom stereocenters. The van der Waals surface area contributed by atoms with Gasteiger partial charge in [-0.05, 0) is 30.3 Å². The van der Waals surface area contributed by atoms with Crippen LogP contribution in [-0.4, -0.2) is 66.8 Å². The van der Waals surface area contributed by atoms with E-state index in [0.717, 1.165) is 6.07 Å². The first kappa shape index (κ1) is 21.1. The van der Waals surface area contributed by atoms with E-state index >= 15 is 0 Å². The molecule has 3 aromatic rings. The zero-order valence-corrected chi connectivity index (χ0v) is 15.9. The fraction of sp³-hybridized carbons (Fsp3) is 0.286. The molecule has 164 valence electrons. The zero-order valence-electron chi connectivity index (χ0n) is 15.9. The number of phenols is 3. The van der Waals surface area contributed by atoms with Crippen molar-refractivity contribution in [3.63, 3.8) is 0 Å². The largest absolute Gasteiger partial charge is 0.507 e. The summed E-state index contributed by atoms with van der Waals surface area (Å²) in [6.45, 7) is -0.672. The van der Waals surface area contributed by atoms with Crippen LogP contribution in [0.25, 0.3) is 22.3 Å². The van der Waals surface area contributed by atoms with Crippen molar-refractivity contribution in [2.24, 2.45) is 0 Å². The lowest BCUT2D eigenvalue weighted by molar-refractivity contribution is -0.231. The summed E-state index contributed by atoms with van der Waals surface area (Å²) in [5.41, 5.74) is -0.567. The summed E-state index contributed by atoms with van der Waals surface area (Å²) in [4.78, 5) is 12.7. The first-order valence-corrected chi connectivity index (χ1v) is 9.35. The molecule has 0 saturated carbocycles. The predicted molar refractivity (Wildman–Crippen MR) is 106 cm³/mol. The molecular formula is C21H20O10. The highest BCUT2D eigenvalue weighted by atomic mass is 16.5. The molecule has 7 N–H and O–H groups in total. The van der Waals surface area contributed by atoms with Crippen molar-refractivity contribution in [2.75, 3.05) is 6.61 Å². The molecule has 0 aliphatic carbocycles. The Morgan fingerprint density at radius 2 is 1.55 bits per heavy atom. The van der Waals surface area contributed by atoms with E-state index in [1.54, 1.807) is 0 Å². The van der Waals surface area contributed by atoms with Gasteiger partial charge in [0.1, 0.15) is 47.6 Å². The molecule has 0 radical (unpaired) electrons. The maximum absolute atomic E-state index is 12.7. The van der Waals surface area contributed by atoms with Gasteiger partial charge in [-0.15, -0.1) is 0 Å². The average Bonchev–Trinajstić information content (AvgIpc) is 2.74. The highest BCUT2D eigenvalue weighted by Gasteiger charge is 2.45. The topological polar surface area (TPSA) is 181 Å². The SMILES string of the molecule is O=c1cc(-c2ccc(O)c(O)c2)oc2c([C@@H]3O[C@H](CO)[C@@H](O)[C@H](O)[C@H]3O)c(O)ccc12. The lowest BCUT2D eigenvalue weighted by Gasteiger charge is -2.40. The lowest BCUT2D eigenvalue weighted by atomic mass is 9.90. The summed E-state index contributed by atoms with van der Waals surface area (Å²) in [5.74, 6) is -1.23. The summed E-state index contributed by atoms with van der Waals surface area (Å²) >= 11 is 0. The number of aliphatic hydroxyl groups excluding tert-OH is 4. The Hall–Kier alpha value is -3.15. The number of ether oxygens (including phenoxy) is 1. The van der Waals surface area contributed by atoms with E-state index in [1.807, 2.05) is 0 Å². The van der Waals surface area contributed by atoms with Crippen LogP contribution in [0.1, 0.15) is 11.7 Å². The van der Waals surface area contributed by atoms with Gasteiger partial charge >= 0.3 is 0 Å². The van der Waals surface area contributed by atoms with Crippen molar-refractivity contribution in [1.29, 1.82) is 0 Å². The van der Waals surface area contributed by atoms with Crippen molar-refractivity contribution in [1.82, 2.24) is 0 Å². The van der Waals surface area contributed by atoms with Gasteiger partial charge in [-0.25, -0.2) is 0 Å². The monoisotopic (exact) mass is 432 g/mol. The Bertz CT molecular complexity index is 1180. The van der Waals surface area contributed by atoms with Crippen molar-refractivity contribution in [2.45, 2.75) is 30.5 Å². The molecule has 2 aromatic carbocycles. The Kier molecular flexibility index (Phi) is 5.33. The van der Waals surface area contributed by atoms with Crippen molar-refractivity contribution >= 4 is 11.0 Å². The van der Waals surface area contributed by atoms with Gasteiger partial charge in [0.2, 0.25) is 0 Å². The van der Waals surface area contributed by atoms with Gasteiger partial charge in [-0.1, -0.05) is 0 Å². The third-order valence-electron chi connectivity index (χ3n) is 5.35. The minimum atomic E-state index is -1.71. The van der Waals surface area contributed by atoms with Crippen LogP contribution in [0.2, 0.25) is 0 Å². The standard InChI is InChI=1S/C21H20O10/c22-7-15-17(27)18(28)19(29)21(31-15)16-11(24)4-2-9-12(25)6-14(30-20(9)16)8-1-3-10(23)13(26)5-8/h1-6,15,17-19,21-24,26-29H,7H2/t15-,17-,18+,19-,21+/m1/s1. The second kappa shape index (κ2) is 7.84. The van der Waals surface area contributed by atoms with E-state index in [9.17, 15) is 40.5 Å². The quantitative estimate of drug-likeness (QED) is 0.280. The fourth-order valence-corrected chi connectivity index (χ4v) is 3.66. The molecular weight excluding hydrogens is 412 g/mol. The molecule has 1 aliphatic heterocycles. The second-order valence-corrected chi connectivity index (χ2v) is 7.30. The fourth-order valence-electron chi connectivity index (χ4n) is 3.66. The molecule has 1 fully saturated rings. The molecule has 0 unspecified atom stereocenters. The minimum Gasteiger partial charge on any atom is -0.507 e. The summed E-state index contributed by atoms with van der Waals surface area (Å²) in [7, 11) is 0. The normalized spacial score (nSPS) is 26.3. The average molecular weight is 432 g/mol. The first-order chi connectivity index (χ1) is 14.7. The first-order valence-electron chi connectivity index (χ1n) is 9.35. The third-order valence-corrected chi connectivity index (χ3v) is 5.35. The molecule has 1 saturated heterocycles. The minimum absolute atomic E-state index is 0.00996. The molecule has 0 bridgehead atoms. The molecule has 0 spiro atoms. The zero-order chi connectivity index (χ0) is 22.4. The van der Waals surface area contributed by atoms with Crippen LogP contribution in [0.15, 0.2) is 45.6 Å². The van der Waals surface area contributed by atoms with Crippen LogP contribution in [0.4, 0.5) is 0 Å². The van der Waals surface area contributed by atoms with Gasteiger partial charge in [0.15, 0.2) is 16.9 Å². The number of hydrogen-bond donors (Lipinski definition) is 7. The molecule has 4 rings (SSSR count). The van der Waals surface area contributed by atoms with Crippen LogP contribution in [0, 0.1) is 0 Å². The Morgan fingerprint density at radius 3 is 2.23 bits per heavy atom. The third kappa shape index (κ3) is 3.50. The van der Waals surface area contributed by atoms with E-state index < -0.39 is 54.1 Å². The van der Waals surface area contributed by atoms with Crippen molar-refractivity contribution in [3.05, 3.63) is 52.2 Å². The molecule has 10 heteroatoms. The summed E-state index contributed by atoms with van der Waals surface area (Å²) in [6.07, 6.45) is -7.68. The Morgan fingerprint density at radius 1 is 0.839 bits per heavy atom. The molecule has 1 aliphatic rings. The number of fused-ring (bicyclic) bond motifs is 1. The Labute approximate surface area is 174 Å². The summed E-state index contributed by atoms with van der Waals surface area (Å²) in [6, 6.07) is 7.44. The number of aliphatic hydroxyl groups is 4. The van der Waals surface area contributed by atoms with Crippen molar-refractivity contribution in [3.8, 4) is 28.6 Å². The Balaban J connectivity index is 1.93.